The Morgan fingerprint density at radius 1 is 1.59 bits per heavy atom. The van der Waals surface area contributed by atoms with Crippen molar-refractivity contribution in [1.29, 1.82) is 0 Å². The summed E-state index contributed by atoms with van der Waals surface area (Å²) < 4.78 is 5.30. The number of aromatic amines is 1. The van der Waals surface area contributed by atoms with Crippen molar-refractivity contribution in [2.24, 2.45) is 5.92 Å². The Bertz CT molecular complexity index is 436. The molecule has 0 aromatic carbocycles. The van der Waals surface area contributed by atoms with Crippen LogP contribution in [0.5, 0.6) is 0 Å². The molecule has 0 amide bonds. The van der Waals surface area contributed by atoms with Crippen molar-refractivity contribution in [3.05, 3.63) is 21.7 Å². The quantitative estimate of drug-likeness (QED) is 0.814. The predicted molar refractivity (Wildman–Crippen MR) is 65.9 cm³/mol. The average Bonchev–Trinajstić information content (AvgIpc) is 2.76. The monoisotopic (exact) mass is 237 g/mol. The van der Waals surface area contributed by atoms with E-state index in [1.54, 1.807) is 0 Å². The molecule has 1 fully saturated rings. The number of nitrogens with zero attached hydrogens (tertiary/aromatic N) is 1. The lowest BCUT2D eigenvalue weighted by Crippen LogP contribution is -2.21. The number of anilines is 1. The van der Waals surface area contributed by atoms with Gasteiger partial charge in [0.15, 0.2) is 0 Å². The van der Waals surface area contributed by atoms with Crippen LogP contribution in [0.2, 0.25) is 0 Å². The third kappa shape index (κ3) is 2.85. The lowest BCUT2D eigenvalue weighted by Gasteiger charge is -2.09. The van der Waals surface area contributed by atoms with E-state index in [0.29, 0.717) is 29.5 Å². The molecule has 2 rings (SSSR count). The fourth-order valence-electron chi connectivity index (χ4n) is 2.17. The van der Waals surface area contributed by atoms with Gasteiger partial charge in [0.1, 0.15) is 11.6 Å². The summed E-state index contributed by atoms with van der Waals surface area (Å²) in [5.41, 5.74) is 6.34. The van der Waals surface area contributed by atoms with Gasteiger partial charge < -0.3 is 15.5 Å². The number of nitrogens with one attached hydrogen (secondary N) is 1. The first-order valence-corrected chi connectivity index (χ1v) is 6.16. The molecular formula is C12H19N3O2. The summed E-state index contributed by atoms with van der Waals surface area (Å²) in [6.45, 7) is 3.57. The van der Waals surface area contributed by atoms with Gasteiger partial charge >= 0.3 is 0 Å². The standard InChI is InChI=1S/C12H19N3O2/c1-2-3-9-11(13)14-10(15-12(9)16)6-8-4-5-17-7-8/h8H,2-7H2,1H3,(H3,13,14,15,16). The molecule has 2 heterocycles. The van der Waals surface area contributed by atoms with Crippen LogP contribution in [0.4, 0.5) is 5.82 Å². The van der Waals surface area contributed by atoms with E-state index < -0.39 is 0 Å². The van der Waals surface area contributed by atoms with Gasteiger partial charge in [-0.2, -0.15) is 0 Å². The van der Waals surface area contributed by atoms with Crippen LogP contribution in [0, 0.1) is 5.92 Å². The van der Waals surface area contributed by atoms with Crippen molar-refractivity contribution < 1.29 is 4.74 Å². The molecule has 5 nitrogen and oxygen atoms in total. The minimum absolute atomic E-state index is 0.0896. The summed E-state index contributed by atoms with van der Waals surface area (Å²) in [5.74, 6) is 1.52. The Balaban J connectivity index is 2.16. The molecule has 1 saturated heterocycles. The molecule has 0 saturated carbocycles. The van der Waals surface area contributed by atoms with E-state index >= 15 is 0 Å². The van der Waals surface area contributed by atoms with Crippen molar-refractivity contribution in [2.75, 3.05) is 18.9 Å². The lowest BCUT2D eigenvalue weighted by molar-refractivity contribution is 0.185. The molecular weight excluding hydrogens is 218 g/mol. The topological polar surface area (TPSA) is 81.0 Å². The highest BCUT2D eigenvalue weighted by atomic mass is 16.5. The molecule has 0 radical (unpaired) electrons. The SMILES string of the molecule is CCCc1c(N)nc(CC2CCOC2)[nH]c1=O. The fourth-order valence-corrected chi connectivity index (χ4v) is 2.17. The van der Waals surface area contributed by atoms with Gasteiger partial charge in [-0.25, -0.2) is 4.98 Å². The van der Waals surface area contributed by atoms with E-state index in [-0.39, 0.29) is 5.56 Å². The highest BCUT2D eigenvalue weighted by Gasteiger charge is 2.18. The first kappa shape index (κ1) is 12.1. The van der Waals surface area contributed by atoms with E-state index in [9.17, 15) is 4.79 Å². The van der Waals surface area contributed by atoms with Gasteiger partial charge in [0.05, 0.1) is 5.56 Å². The minimum atomic E-state index is -0.0896. The Morgan fingerprint density at radius 2 is 2.41 bits per heavy atom. The van der Waals surface area contributed by atoms with Crippen LogP contribution >= 0.6 is 0 Å². The van der Waals surface area contributed by atoms with Crippen molar-refractivity contribution in [1.82, 2.24) is 9.97 Å². The first-order chi connectivity index (χ1) is 8.20. The number of hydrogen-bond acceptors (Lipinski definition) is 4. The molecule has 1 aromatic rings. The second-order valence-electron chi connectivity index (χ2n) is 4.56. The Labute approximate surface area is 100 Å². The summed E-state index contributed by atoms with van der Waals surface area (Å²) in [7, 11) is 0. The van der Waals surface area contributed by atoms with Crippen molar-refractivity contribution >= 4 is 5.82 Å². The maximum atomic E-state index is 11.8. The number of nitrogens with two attached hydrogens (primary N) is 1. The highest BCUT2D eigenvalue weighted by molar-refractivity contribution is 5.37. The van der Waals surface area contributed by atoms with Crippen LogP contribution in [0.25, 0.3) is 0 Å². The van der Waals surface area contributed by atoms with Gasteiger partial charge in [-0.3, -0.25) is 4.79 Å². The van der Waals surface area contributed by atoms with Gasteiger partial charge in [0.2, 0.25) is 0 Å². The van der Waals surface area contributed by atoms with Crippen molar-refractivity contribution in [2.45, 2.75) is 32.6 Å². The zero-order valence-corrected chi connectivity index (χ0v) is 10.2. The van der Waals surface area contributed by atoms with E-state index in [4.69, 9.17) is 10.5 Å². The van der Waals surface area contributed by atoms with Crippen molar-refractivity contribution in [3.63, 3.8) is 0 Å². The molecule has 0 bridgehead atoms. The first-order valence-electron chi connectivity index (χ1n) is 6.16. The maximum absolute atomic E-state index is 11.8. The number of aromatic nitrogens is 2. The summed E-state index contributed by atoms with van der Waals surface area (Å²) in [4.78, 5) is 18.9. The van der Waals surface area contributed by atoms with Crippen LogP contribution < -0.4 is 11.3 Å². The number of ether oxygens (including phenoxy) is 1. The van der Waals surface area contributed by atoms with Gasteiger partial charge in [-0.15, -0.1) is 0 Å². The van der Waals surface area contributed by atoms with E-state index in [2.05, 4.69) is 9.97 Å². The van der Waals surface area contributed by atoms with Gasteiger partial charge in [-0.05, 0) is 18.8 Å². The van der Waals surface area contributed by atoms with Crippen LogP contribution in [-0.4, -0.2) is 23.2 Å². The predicted octanol–water partition coefficient (Wildman–Crippen LogP) is 0.884. The van der Waals surface area contributed by atoms with Crippen LogP contribution in [0.1, 0.15) is 31.2 Å². The third-order valence-corrected chi connectivity index (χ3v) is 3.10. The molecule has 1 aliphatic rings. The maximum Gasteiger partial charge on any atom is 0.256 e. The zero-order valence-electron chi connectivity index (χ0n) is 10.2. The second kappa shape index (κ2) is 5.31. The van der Waals surface area contributed by atoms with E-state index in [0.717, 1.165) is 32.5 Å². The van der Waals surface area contributed by atoms with Gasteiger partial charge in [0, 0.05) is 19.6 Å². The summed E-state index contributed by atoms with van der Waals surface area (Å²) in [6.07, 6.45) is 3.35. The molecule has 0 spiro atoms. The average molecular weight is 237 g/mol. The molecule has 94 valence electrons. The molecule has 1 aromatic heterocycles. The largest absolute Gasteiger partial charge is 0.383 e. The summed E-state index contributed by atoms with van der Waals surface area (Å²) >= 11 is 0. The molecule has 5 heteroatoms. The van der Waals surface area contributed by atoms with Crippen LogP contribution in [0.15, 0.2) is 4.79 Å². The number of nitrogen functional groups attached to an aromatic ring is 1. The molecule has 17 heavy (non-hydrogen) atoms. The zero-order chi connectivity index (χ0) is 12.3. The lowest BCUT2D eigenvalue weighted by atomic mass is 10.0. The molecule has 1 aliphatic heterocycles. The van der Waals surface area contributed by atoms with Crippen molar-refractivity contribution in [3.8, 4) is 0 Å². The third-order valence-electron chi connectivity index (χ3n) is 3.10. The second-order valence-corrected chi connectivity index (χ2v) is 4.56. The Morgan fingerprint density at radius 3 is 3.00 bits per heavy atom. The van der Waals surface area contributed by atoms with Gasteiger partial charge in [0.25, 0.3) is 5.56 Å². The van der Waals surface area contributed by atoms with Gasteiger partial charge in [-0.1, -0.05) is 13.3 Å². The number of H-pyrrole nitrogens is 1. The summed E-state index contributed by atoms with van der Waals surface area (Å²) in [6, 6.07) is 0. The van der Waals surface area contributed by atoms with E-state index in [1.165, 1.54) is 0 Å². The fraction of sp³-hybridized carbons (Fsp3) is 0.667. The summed E-state index contributed by atoms with van der Waals surface area (Å²) in [5, 5.41) is 0. The molecule has 0 aliphatic carbocycles. The van der Waals surface area contributed by atoms with E-state index in [1.807, 2.05) is 6.92 Å². The molecule has 1 atom stereocenters. The Hall–Kier alpha value is -1.36. The molecule has 3 N–H and O–H groups in total. The smallest absolute Gasteiger partial charge is 0.256 e. The van der Waals surface area contributed by atoms with Crippen LogP contribution in [-0.2, 0) is 17.6 Å². The Kier molecular flexibility index (Phi) is 3.78. The van der Waals surface area contributed by atoms with Crippen LogP contribution in [0.3, 0.4) is 0 Å². The highest BCUT2D eigenvalue weighted by Crippen LogP contribution is 2.16. The normalized spacial score (nSPS) is 19.7. The molecule has 1 unspecified atom stereocenters. The minimum Gasteiger partial charge on any atom is -0.383 e. The number of hydrogen-bond donors (Lipinski definition) is 2. The number of rotatable bonds is 4.